The first-order valence-corrected chi connectivity index (χ1v) is 9.45. The summed E-state index contributed by atoms with van der Waals surface area (Å²) in [5.74, 6) is -4.90. The Labute approximate surface area is 192 Å². The number of nitrogens with one attached hydrogen (secondary N) is 2. The van der Waals surface area contributed by atoms with E-state index in [9.17, 15) is 29.4 Å². The van der Waals surface area contributed by atoms with E-state index >= 15 is 0 Å². The molecule has 0 atom stereocenters. The quantitative estimate of drug-likeness (QED) is 0.268. The molecule has 14 heteroatoms. The van der Waals surface area contributed by atoms with Crippen LogP contribution in [-0.2, 0) is 14.3 Å². The van der Waals surface area contributed by atoms with Gasteiger partial charge in [-0.3, -0.25) is 19.2 Å². The molecule has 2 aromatic rings. The molecule has 2 rings (SSSR count). The van der Waals surface area contributed by atoms with Crippen molar-refractivity contribution in [2.24, 2.45) is 0 Å². The Morgan fingerprint density at radius 3 is 1.59 bits per heavy atom. The van der Waals surface area contributed by atoms with Gasteiger partial charge in [-0.1, -0.05) is 0 Å². The van der Waals surface area contributed by atoms with Gasteiger partial charge in [0.05, 0.1) is 12.4 Å². The summed E-state index contributed by atoms with van der Waals surface area (Å²) in [7, 11) is 0. The Morgan fingerprint density at radius 2 is 1.24 bits per heavy atom. The molecule has 0 unspecified atom stereocenters. The number of aromatic nitrogens is 2. The van der Waals surface area contributed by atoms with Crippen molar-refractivity contribution in [3.8, 4) is 23.0 Å². The molecule has 0 aliphatic rings. The molecule has 2 amide bonds. The Balaban J connectivity index is 0.000000350. The zero-order valence-corrected chi connectivity index (χ0v) is 18.4. The van der Waals surface area contributed by atoms with Crippen LogP contribution in [0.2, 0.25) is 0 Å². The van der Waals surface area contributed by atoms with Gasteiger partial charge < -0.3 is 40.9 Å². The predicted octanol–water partition coefficient (Wildman–Crippen LogP) is -0.128. The number of rotatable bonds is 6. The first-order chi connectivity index (χ1) is 15.7. The number of carboxylic acids is 1. The summed E-state index contributed by atoms with van der Waals surface area (Å²) in [5.41, 5.74) is -1.25. The molecule has 14 nitrogen and oxygen atoms in total. The van der Waals surface area contributed by atoms with Crippen LogP contribution >= 0.6 is 0 Å². The second kappa shape index (κ2) is 11.8. The van der Waals surface area contributed by atoms with E-state index in [2.05, 4.69) is 15.3 Å². The van der Waals surface area contributed by atoms with Crippen molar-refractivity contribution in [1.29, 1.82) is 0 Å². The van der Waals surface area contributed by atoms with Crippen LogP contribution in [0.5, 0.6) is 23.0 Å². The third kappa shape index (κ3) is 9.67. The third-order valence-corrected chi connectivity index (χ3v) is 3.35. The number of esters is 1. The van der Waals surface area contributed by atoms with Gasteiger partial charge in [-0.05, 0) is 20.8 Å². The monoisotopic (exact) mass is 480 g/mol. The highest BCUT2D eigenvalue weighted by Crippen LogP contribution is 2.20. The van der Waals surface area contributed by atoms with Crippen molar-refractivity contribution in [3.05, 3.63) is 35.9 Å². The lowest BCUT2D eigenvalue weighted by Crippen LogP contribution is -2.34. The van der Waals surface area contributed by atoms with Crippen LogP contribution in [0.1, 0.15) is 41.7 Å². The van der Waals surface area contributed by atoms with Gasteiger partial charge in [0.2, 0.25) is 0 Å². The fraction of sp³-hybridized carbons (Fsp3) is 0.300. The molecule has 2 aromatic heterocycles. The van der Waals surface area contributed by atoms with Crippen molar-refractivity contribution in [1.82, 2.24) is 20.6 Å². The summed E-state index contributed by atoms with van der Waals surface area (Å²) in [6, 6.07) is 1.91. The number of pyridine rings is 2. The van der Waals surface area contributed by atoms with Crippen LogP contribution in [-0.4, -0.2) is 77.9 Å². The smallest absolute Gasteiger partial charge is 0.325 e. The predicted molar refractivity (Wildman–Crippen MR) is 113 cm³/mol. The summed E-state index contributed by atoms with van der Waals surface area (Å²) in [6.45, 7) is 4.22. The zero-order valence-electron chi connectivity index (χ0n) is 18.4. The van der Waals surface area contributed by atoms with Gasteiger partial charge in [0.1, 0.15) is 30.2 Å². The molecular formula is C20H24N4O10. The van der Waals surface area contributed by atoms with Crippen LogP contribution in [0.15, 0.2) is 24.5 Å². The molecule has 0 bridgehead atoms. The SMILES string of the molecule is CC(C)(C)OC(=O)CNC(=O)c1ncc(O)cc1O.O=C(O)CNC(=O)c1ncc(O)cc1O. The molecule has 0 saturated carbocycles. The summed E-state index contributed by atoms with van der Waals surface area (Å²) >= 11 is 0. The lowest BCUT2D eigenvalue weighted by atomic mass is 10.2. The minimum atomic E-state index is -1.21. The van der Waals surface area contributed by atoms with Crippen LogP contribution in [0.25, 0.3) is 0 Å². The number of hydrogen-bond acceptors (Lipinski definition) is 11. The van der Waals surface area contributed by atoms with E-state index in [1.165, 1.54) is 0 Å². The average molecular weight is 480 g/mol. The van der Waals surface area contributed by atoms with Crippen molar-refractivity contribution >= 4 is 23.8 Å². The Bertz CT molecular complexity index is 1070. The first-order valence-electron chi connectivity index (χ1n) is 9.45. The minimum Gasteiger partial charge on any atom is -0.506 e. The van der Waals surface area contributed by atoms with E-state index in [1.54, 1.807) is 20.8 Å². The second-order valence-corrected chi connectivity index (χ2v) is 7.47. The van der Waals surface area contributed by atoms with Gasteiger partial charge in [-0.25, -0.2) is 9.97 Å². The minimum absolute atomic E-state index is 0.263. The summed E-state index contributed by atoms with van der Waals surface area (Å²) in [4.78, 5) is 51.4. The van der Waals surface area contributed by atoms with Gasteiger partial charge in [0.25, 0.3) is 11.8 Å². The van der Waals surface area contributed by atoms with Crippen molar-refractivity contribution < 1.29 is 49.4 Å². The lowest BCUT2D eigenvalue weighted by Gasteiger charge is -2.19. The van der Waals surface area contributed by atoms with Crippen LogP contribution in [0.3, 0.4) is 0 Å². The van der Waals surface area contributed by atoms with Crippen molar-refractivity contribution in [2.45, 2.75) is 26.4 Å². The number of aliphatic carboxylic acids is 1. The molecule has 0 fully saturated rings. The van der Waals surface area contributed by atoms with Crippen LogP contribution in [0.4, 0.5) is 0 Å². The number of amides is 2. The normalized spacial score (nSPS) is 10.3. The largest absolute Gasteiger partial charge is 0.506 e. The molecule has 0 aromatic carbocycles. The molecule has 0 aliphatic heterocycles. The van der Waals surface area contributed by atoms with E-state index in [0.717, 1.165) is 24.5 Å². The molecule has 2 heterocycles. The van der Waals surface area contributed by atoms with Crippen molar-refractivity contribution in [2.75, 3.05) is 13.1 Å². The van der Waals surface area contributed by atoms with Gasteiger partial charge in [-0.15, -0.1) is 0 Å². The van der Waals surface area contributed by atoms with E-state index in [-0.39, 0.29) is 29.4 Å². The average Bonchev–Trinajstić information content (AvgIpc) is 2.69. The second-order valence-electron chi connectivity index (χ2n) is 7.47. The number of ether oxygens (including phenoxy) is 1. The Hall–Kier alpha value is -4.62. The van der Waals surface area contributed by atoms with Gasteiger partial charge in [0.15, 0.2) is 22.9 Å². The zero-order chi connectivity index (χ0) is 26.1. The van der Waals surface area contributed by atoms with Crippen LogP contribution < -0.4 is 10.6 Å². The van der Waals surface area contributed by atoms with Gasteiger partial charge >= 0.3 is 11.9 Å². The third-order valence-electron chi connectivity index (χ3n) is 3.35. The fourth-order valence-electron chi connectivity index (χ4n) is 2.09. The van der Waals surface area contributed by atoms with E-state index in [0.29, 0.717) is 0 Å². The maximum atomic E-state index is 11.6. The topological polar surface area (TPSA) is 228 Å². The Morgan fingerprint density at radius 1 is 0.824 bits per heavy atom. The molecule has 7 N–H and O–H groups in total. The Kier molecular flexibility index (Phi) is 9.55. The van der Waals surface area contributed by atoms with E-state index in [4.69, 9.17) is 20.1 Å². The highest BCUT2D eigenvalue weighted by molar-refractivity contribution is 5.97. The maximum absolute atomic E-state index is 11.6. The maximum Gasteiger partial charge on any atom is 0.325 e. The standard InChI is InChI=1S/C12H16N2O5.C8H8N2O5/c1-12(2,3)19-9(17)6-14-11(18)10-8(16)4-7(15)5-13-10;11-4-1-5(12)7(9-2-4)8(15)10-3-6(13)14/h4-5,15-16H,6H2,1-3H3,(H,14,18);1-2,11-12H,3H2,(H,10,15)(H,13,14). The number of aromatic hydroxyl groups is 4. The van der Waals surface area contributed by atoms with Gasteiger partial charge in [0, 0.05) is 12.1 Å². The number of carbonyl (C=O) groups is 4. The highest BCUT2D eigenvalue weighted by Gasteiger charge is 2.19. The molecule has 0 spiro atoms. The molecule has 0 radical (unpaired) electrons. The number of nitrogens with zero attached hydrogens (tertiary/aromatic N) is 2. The number of hydrogen-bond donors (Lipinski definition) is 7. The number of carboxylic acid groups (broad SMARTS) is 1. The summed E-state index contributed by atoms with van der Waals surface area (Å²) in [5, 5.41) is 49.1. The van der Waals surface area contributed by atoms with E-state index < -0.39 is 47.4 Å². The number of carbonyl (C=O) groups excluding carboxylic acids is 3. The highest BCUT2D eigenvalue weighted by atomic mass is 16.6. The molecular weight excluding hydrogens is 456 g/mol. The van der Waals surface area contributed by atoms with E-state index in [1.807, 2.05) is 5.32 Å². The molecule has 0 saturated heterocycles. The van der Waals surface area contributed by atoms with Gasteiger partial charge in [-0.2, -0.15) is 0 Å². The van der Waals surface area contributed by atoms with Crippen molar-refractivity contribution in [3.63, 3.8) is 0 Å². The molecule has 0 aliphatic carbocycles. The molecule has 34 heavy (non-hydrogen) atoms. The molecule has 184 valence electrons. The first kappa shape index (κ1) is 27.4. The summed E-state index contributed by atoms with van der Waals surface area (Å²) in [6.07, 6.45) is 1.98. The lowest BCUT2D eigenvalue weighted by molar-refractivity contribution is -0.153. The fourth-order valence-corrected chi connectivity index (χ4v) is 2.09. The van der Waals surface area contributed by atoms with Crippen LogP contribution in [0, 0.1) is 0 Å². The summed E-state index contributed by atoms with van der Waals surface area (Å²) < 4.78 is 5.00.